The summed E-state index contributed by atoms with van der Waals surface area (Å²) in [7, 11) is 0. The molecule has 1 atom stereocenters. The van der Waals surface area contributed by atoms with Gasteiger partial charge in [0, 0.05) is 12.1 Å². The Bertz CT molecular complexity index is 311. The molecule has 0 radical (unpaired) electrons. The lowest BCUT2D eigenvalue weighted by Crippen LogP contribution is -2.17. The molecule has 6 heteroatoms. The number of nitrogens with two attached hydrogens (primary N) is 2. The summed E-state index contributed by atoms with van der Waals surface area (Å²) >= 11 is 1.93. The molecule has 5 N–H and O–H groups in total. The van der Waals surface area contributed by atoms with Crippen LogP contribution in [0.3, 0.4) is 0 Å². The van der Waals surface area contributed by atoms with Crippen molar-refractivity contribution in [3.8, 4) is 0 Å². The molecule has 0 amide bonds. The summed E-state index contributed by atoms with van der Waals surface area (Å²) in [6.07, 6.45) is 1.09. The third-order valence-corrected chi connectivity index (χ3v) is 2.99. The first-order valence-electron chi connectivity index (χ1n) is 5.36. The van der Waals surface area contributed by atoms with E-state index in [1.165, 1.54) is 0 Å². The molecule has 0 aliphatic carbocycles. The van der Waals surface area contributed by atoms with Gasteiger partial charge in [0.1, 0.15) is 11.6 Å². The molecule has 0 bridgehead atoms. The van der Waals surface area contributed by atoms with E-state index in [4.69, 9.17) is 11.5 Å². The molecule has 90 valence electrons. The zero-order valence-corrected chi connectivity index (χ0v) is 10.5. The number of rotatable bonds is 6. The van der Waals surface area contributed by atoms with E-state index in [9.17, 15) is 0 Å². The van der Waals surface area contributed by atoms with Crippen LogP contribution in [0, 0.1) is 0 Å². The summed E-state index contributed by atoms with van der Waals surface area (Å²) in [5.74, 6) is 3.59. The molecule has 0 aliphatic heterocycles. The van der Waals surface area contributed by atoms with Crippen molar-refractivity contribution < 1.29 is 0 Å². The number of nitrogens with zero attached hydrogens (tertiary/aromatic N) is 2. The van der Waals surface area contributed by atoms with Crippen molar-refractivity contribution in [2.45, 2.75) is 26.3 Å². The SMILES string of the molecule is CCSCCC(C)Nc1cc(N)nc(N)n1. The van der Waals surface area contributed by atoms with Gasteiger partial charge in [0.2, 0.25) is 5.95 Å². The predicted molar refractivity (Wildman–Crippen MR) is 71.6 cm³/mol. The van der Waals surface area contributed by atoms with Crippen LogP contribution < -0.4 is 16.8 Å². The number of anilines is 3. The van der Waals surface area contributed by atoms with Crippen molar-refractivity contribution in [1.29, 1.82) is 0 Å². The highest BCUT2D eigenvalue weighted by Crippen LogP contribution is 2.12. The third kappa shape index (κ3) is 4.57. The van der Waals surface area contributed by atoms with Gasteiger partial charge in [-0.25, -0.2) is 0 Å². The molecule has 1 rings (SSSR count). The fourth-order valence-electron chi connectivity index (χ4n) is 1.29. The van der Waals surface area contributed by atoms with Crippen LogP contribution in [0.2, 0.25) is 0 Å². The lowest BCUT2D eigenvalue weighted by Gasteiger charge is -2.14. The molecular weight excluding hydrogens is 222 g/mol. The van der Waals surface area contributed by atoms with Crippen LogP contribution in [0.25, 0.3) is 0 Å². The molecule has 0 fully saturated rings. The molecule has 0 saturated heterocycles. The molecule has 1 heterocycles. The summed E-state index contributed by atoms with van der Waals surface area (Å²) in [4.78, 5) is 7.89. The van der Waals surface area contributed by atoms with E-state index in [0.717, 1.165) is 17.9 Å². The Kier molecular flexibility index (Phi) is 5.18. The van der Waals surface area contributed by atoms with Crippen LogP contribution in [-0.4, -0.2) is 27.5 Å². The summed E-state index contributed by atoms with van der Waals surface area (Å²) < 4.78 is 0. The van der Waals surface area contributed by atoms with Gasteiger partial charge in [0.25, 0.3) is 0 Å². The van der Waals surface area contributed by atoms with Crippen molar-refractivity contribution in [2.24, 2.45) is 0 Å². The molecule has 1 unspecified atom stereocenters. The van der Waals surface area contributed by atoms with E-state index >= 15 is 0 Å². The van der Waals surface area contributed by atoms with E-state index in [0.29, 0.717) is 17.7 Å². The van der Waals surface area contributed by atoms with Gasteiger partial charge < -0.3 is 16.8 Å². The Morgan fingerprint density at radius 1 is 1.44 bits per heavy atom. The van der Waals surface area contributed by atoms with Crippen LogP contribution in [0.4, 0.5) is 17.6 Å². The fourth-order valence-corrected chi connectivity index (χ4v) is 2.10. The van der Waals surface area contributed by atoms with E-state index in [-0.39, 0.29) is 5.95 Å². The van der Waals surface area contributed by atoms with E-state index in [1.807, 2.05) is 11.8 Å². The third-order valence-electron chi connectivity index (χ3n) is 2.06. The van der Waals surface area contributed by atoms with Crippen molar-refractivity contribution in [2.75, 3.05) is 28.3 Å². The summed E-state index contributed by atoms with van der Waals surface area (Å²) in [5.41, 5.74) is 11.1. The zero-order valence-electron chi connectivity index (χ0n) is 9.73. The van der Waals surface area contributed by atoms with Crippen LogP contribution in [0.1, 0.15) is 20.3 Å². The van der Waals surface area contributed by atoms with Crippen molar-refractivity contribution in [1.82, 2.24) is 9.97 Å². The molecule has 0 aromatic carbocycles. The quantitative estimate of drug-likeness (QED) is 0.655. The van der Waals surface area contributed by atoms with Crippen LogP contribution in [0.5, 0.6) is 0 Å². The molecule has 16 heavy (non-hydrogen) atoms. The second kappa shape index (κ2) is 6.42. The minimum atomic E-state index is 0.206. The van der Waals surface area contributed by atoms with Crippen molar-refractivity contribution in [3.63, 3.8) is 0 Å². The fraction of sp³-hybridized carbons (Fsp3) is 0.600. The first-order valence-corrected chi connectivity index (χ1v) is 6.51. The highest BCUT2D eigenvalue weighted by Gasteiger charge is 2.04. The van der Waals surface area contributed by atoms with Gasteiger partial charge in [-0.1, -0.05) is 6.92 Å². The van der Waals surface area contributed by atoms with Gasteiger partial charge in [-0.15, -0.1) is 0 Å². The smallest absolute Gasteiger partial charge is 0.223 e. The molecule has 0 saturated carbocycles. The maximum atomic E-state index is 5.58. The number of aromatic nitrogens is 2. The average Bonchev–Trinajstić information content (AvgIpc) is 2.16. The molecular formula is C10H19N5S. The predicted octanol–water partition coefficient (Wildman–Crippen LogP) is 1.58. The first kappa shape index (κ1) is 12.9. The Morgan fingerprint density at radius 2 is 2.19 bits per heavy atom. The second-order valence-corrected chi connectivity index (χ2v) is 4.96. The maximum Gasteiger partial charge on any atom is 0.223 e. The lowest BCUT2D eigenvalue weighted by atomic mass is 10.2. The lowest BCUT2D eigenvalue weighted by molar-refractivity contribution is 0.766. The minimum Gasteiger partial charge on any atom is -0.383 e. The average molecular weight is 241 g/mol. The largest absolute Gasteiger partial charge is 0.383 e. The van der Waals surface area contributed by atoms with Gasteiger partial charge >= 0.3 is 0 Å². The maximum absolute atomic E-state index is 5.58. The highest BCUT2D eigenvalue weighted by molar-refractivity contribution is 7.99. The normalized spacial score (nSPS) is 12.4. The van der Waals surface area contributed by atoms with E-state index < -0.39 is 0 Å². The molecule has 0 spiro atoms. The molecule has 1 aromatic heterocycles. The summed E-state index contributed by atoms with van der Waals surface area (Å²) in [6.45, 7) is 4.28. The van der Waals surface area contributed by atoms with Gasteiger partial charge in [-0.05, 0) is 24.9 Å². The van der Waals surface area contributed by atoms with Crippen molar-refractivity contribution in [3.05, 3.63) is 6.07 Å². The molecule has 5 nitrogen and oxygen atoms in total. The first-order chi connectivity index (χ1) is 7.61. The Hall–Kier alpha value is -1.17. The summed E-state index contributed by atoms with van der Waals surface area (Å²) in [6, 6.07) is 2.05. The Balaban J connectivity index is 2.45. The van der Waals surface area contributed by atoms with E-state index in [1.54, 1.807) is 6.07 Å². The number of nitrogen functional groups attached to an aromatic ring is 2. The Labute approximate surface area is 100 Å². The summed E-state index contributed by atoms with van der Waals surface area (Å²) in [5, 5.41) is 3.26. The van der Waals surface area contributed by atoms with Crippen LogP contribution >= 0.6 is 11.8 Å². The molecule has 1 aromatic rings. The highest BCUT2D eigenvalue weighted by atomic mass is 32.2. The zero-order chi connectivity index (χ0) is 12.0. The molecule has 0 aliphatic rings. The number of hydrogen-bond donors (Lipinski definition) is 3. The number of thioether (sulfide) groups is 1. The minimum absolute atomic E-state index is 0.206. The number of nitrogens with one attached hydrogen (secondary N) is 1. The van der Waals surface area contributed by atoms with Gasteiger partial charge in [0.05, 0.1) is 0 Å². The van der Waals surface area contributed by atoms with Crippen LogP contribution in [0.15, 0.2) is 6.07 Å². The standard InChI is InChI=1S/C10H19N5S/c1-3-16-5-4-7(2)13-9-6-8(11)14-10(12)15-9/h6-7H,3-5H2,1-2H3,(H5,11,12,13,14,15). The van der Waals surface area contributed by atoms with Gasteiger partial charge in [-0.2, -0.15) is 21.7 Å². The van der Waals surface area contributed by atoms with Gasteiger partial charge in [0.15, 0.2) is 0 Å². The topological polar surface area (TPSA) is 89.8 Å². The van der Waals surface area contributed by atoms with Crippen molar-refractivity contribution >= 4 is 29.3 Å². The Morgan fingerprint density at radius 3 is 2.81 bits per heavy atom. The van der Waals surface area contributed by atoms with E-state index in [2.05, 4.69) is 29.1 Å². The number of hydrogen-bond acceptors (Lipinski definition) is 6. The van der Waals surface area contributed by atoms with Gasteiger partial charge in [-0.3, -0.25) is 0 Å². The second-order valence-electron chi connectivity index (χ2n) is 3.57. The van der Waals surface area contributed by atoms with Crippen LogP contribution in [-0.2, 0) is 0 Å². The monoisotopic (exact) mass is 241 g/mol.